The van der Waals surface area contributed by atoms with Gasteiger partial charge >= 0.3 is 11.9 Å². The highest BCUT2D eigenvalue weighted by Crippen LogP contribution is 2.57. The number of hydrogen-bond acceptors (Lipinski definition) is 9. The fourth-order valence-electron chi connectivity index (χ4n) is 3.79. The molecular weight excluding hydrogens is 368 g/mol. The summed E-state index contributed by atoms with van der Waals surface area (Å²) in [4.78, 5) is 23.5. The molecule has 5 atom stereocenters. The monoisotopic (exact) mass is 384 g/mol. The molecule has 5 unspecified atom stereocenters. The molecule has 0 aromatic heterocycles. The minimum atomic E-state index is -4.25. The maximum absolute atomic E-state index is 12.1. The summed E-state index contributed by atoms with van der Waals surface area (Å²) in [6.07, 6.45) is 0.191. The Morgan fingerprint density at radius 1 is 1.21 bits per heavy atom. The first-order chi connectivity index (χ1) is 11.1. The molecule has 0 spiro atoms. The summed E-state index contributed by atoms with van der Waals surface area (Å²) in [5.41, 5.74) is 0. The largest absolute Gasteiger partial charge is 0.462 e. The maximum atomic E-state index is 12.1. The predicted octanol–water partition coefficient (Wildman–Crippen LogP) is -1.29. The van der Waals surface area contributed by atoms with Crippen molar-refractivity contribution in [2.45, 2.75) is 24.2 Å². The van der Waals surface area contributed by atoms with E-state index >= 15 is 0 Å². The first-order valence-electron chi connectivity index (χ1n) is 7.28. The number of rotatable bonds is 6. The summed E-state index contributed by atoms with van der Waals surface area (Å²) >= 11 is 0. The molecule has 136 valence electrons. The van der Waals surface area contributed by atoms with Gasteiger partial charge in [-0.15, -0.1) is 0 Å². The molecule has 1 heterocycles. The van der Waals surface area contributed by atoms with Crippen molar-refractivity contribution in [3.63, 3.8) is 0 Å². The van der Waals surface area contributed by atoms with Crippen LogP contribution in [0, 0.1) is 17.8 Å². The topological polar surface area (TPSA) is 150 Å². The molecule has 2 bridgehead atoms. The zero-order chi connectivity index (χ0) is 17.7. The van der Waals surface area contributed by atoms with Crippen molar-refractivity contribution >= 4 is 32.2 Å². The van der Waals surface area contributed by atoms with Gasteiger partial charge in [0, 0.05) is 5.92 Å². The third-order valence-corrected chi connectivity index (χ3v) is 7.15. The molecule has 12 heteroatoms. The van der Waals surface area contributed by atoms with E-state index in [4.69, 9.17) is 13.5 Å². The van der Waals surface area contributed by atoms with E-state index < -0.39 is 68.4 Å². The summed E-state index contributed by atoms with van der Waals surface area (Å²) in [6, 6.07) is 0. The van der Waals surface area contributed by atoms with Gasteiger partial charge in [-0.2, -0.15) is 16.8 Å². The Morgan fingerprint density at radius 3 is 2.58 bits per heavy atom. The van der Waals surface area contributed by atoms with Crippen LogP contribution in [0.2, 0.25) is 0 Å². The zero-order valence-corrected chi connectivity index (χ0v) is 14.0. The van der Waals surface area contributed by atoms with Gasteiger partial charge in [-0.05, 0) is 18.8 Å². The smallest absolute Gasteiger partial charge is 0.344 e. The van der Waals surface area contributed by atoms with E-state index in [1.807, 2.05) is 0 Å². The van der Waals surface area contributed by atoms with Crippen LogP contribution in [-0.4, -0.2) is 63.6 Å². The Kier molecular flexibility index (Phi) is 4.35. The number of carbonyl (C=O) groups is 2. The molecule has 3 aliphatic rings. The number of ether oxygens (including phenoxy) is 2. The molecule has 3 rings (SSSR count). The van der Waals surface area contributed by atoms with Crippen molar-refractivity contribution in [3.05, 3.63) is 0 Å². The Labute approximate surface area is 138 Å². The summed E-state index contributed by atoms with van der Waals surface area (Å²) in [7, 11) is -7.88. The highest BCUT2D eigenvalue weighted by molar-refractivity contribution is 7.87. The Balaban J connectivity index is 1.49. The summed E-state index contributed by atoms with van der Waals surface area (Å²) in [5, 5.41) is -0.554. The van der Waals surface area contributed by atoms with Crippen LogP contribution in [0.15, 0.2) is 0 Å². The average Bonchev–Trinajstić information content (AvgIpc) is 3.04. The summed E-state index contributed by atoms with van der Waals surface area (Å²) < 4.78 is 67.4. The van der Waals surface area contributed by atoms with E-state index in [1.165, 1.54) is 0 Å². The average molecular weight is 384 g/mol. The molecule has 2 aliphatic carbocycles. The lowest BCUT2D eigenvalue weighted by Crippen LogP contribution is -2.36. The van der Waals surface area contributed by atoms with Crippen LogP contribution in [0.5, 0.6) is 0 Å². The number of esters is 2. The zero-order valence-electron chi connectivity index (χ0n) is 12.4. The number of hydrogen-bond donors (Lipinski definition) is 1. The van der Waals surface area contributed by atoms with Gasteiger partial charge in [0.25, 0.3) is 20.2 Å². The number of carbonyl (C=O) groups excluding carboxylic acids is 2. The van der Waals surface area contributed by atoms with Gasteiger partial charge in [0.1, 0.15) is 12.4 Å². The van der Waals surface area contributed by atoms with E-state index in [0.717, 1.165) is 0 Å². The molecule has 0 amide bonds. The Morgan fingerprint density at radius 2 is 1.92 bits per heavy atom. The molecule has 1 N–H and O–H groups in total. The SMILES string of the molecule is O=C(COC(=O)C1C2CC3C1OS(=O)(=O)C3C2)OCCS(=O)(=O)O. The molecular formula is C12H16O10S2. The van der Waals surface area contributed by atoms with Crippen LogP contribution in [0.4, 0.5) is 0 Å². The van der Waals surface area contributed by atoms with E-state index in [1.54, 1.807) is 0 Å². The molecule has 24 heavy (non-hydrogen) atoms. The van der Waals surface area contributed by atoms with E-state index in [9.17, 15) is 26.4 Å². The fraction of sp³-hybridized carbons (Fsp3) is 0.833. The van der Waals surface area contributed by atoms with Gasteiger partial charge in [-0.3, -0.25) is 13.5 Å². The molecule has 10 nitrogen and oxygen atoms in total. The van der Waals surface area contributed by atoms with Gasteiger partial charge in [0.2, 0.25) is 0 Å². The molecule has 0 aromatic carbocycles. The third-order valence-electron chi connectivity index (χ3n) is 4.70. The second-order valence-electron chi connectivity index (χ2n) is 6.13. The van der Waals surface area contributed by atoms with Gasteiger partial charge in [0.05, 0.1) is 17.3 Å². The van der Waals surface area contributed by atoms with E-state index in [-0.39, 0.29) is 11.8 Å². The molecule has 3 fully saturated rings. The minimum absolute atomic E-state index is 0.148. The predicted molar refractivity (Wildman–Crippen MR) is 75.6 cm³/mol. The molecule has 0 aromatic rings. The molecule has 1 aliphatic heterocycles. The van der Waals surface area contributed by atoms with Crippen LogP contribution in [0.25, 0.3) is 0 Å². The van der Waals surface area contributed by atoms with Crippen LogP contribution in [-0.2, 0) is 43.5 Å². The van der Waals surface area contributed by atoms with E-state index in [0.29, 0.717) is 12.8 Å². The second kappa shape index (κ2) is 5.93. The molecule has 0 radical (unpaired) electrons. The second-order valence-corrected chi connectivity index (χ2v) is 9.48. The van der Waals surface area contributed by atoms with Gasteiger partial charge in [0.15, 0.2) is 6.61 Å². The lowest BCUT2D eigenvalue weighted by molar-refractivity contribution is -0.163. The van der Waals surface area contributed by atoms with Crippen LogP contribution >= 0.6 is 0 Å². The normalized spacial score (nSPS) is 35.8. The van der Waals surface area contributed by atoms with Crippen molar-refractivity contribution in [1.29, 1.82) is 0 Å². The van der Waals surface area contributed by atoms with Crippen molar-refractivity contribution in [1.82, 2.24) is 0 Å². The van der Waals surface area contributed by atoms with Crippen molar-refractivity contribution < 1.29 is 44.6 Å². The quantitative estimate of drug-likeness (QED) is 0.333. The van der Waals surface area contributed by atoms with E-state index in [2.05, 4.69) is 4.74 Å². The first-order valence-corrected chi connectivity index (χ1v) is 10.4. The van der Waals surface area contributed by atoms with Crippen molar-refractivity contribution in [2.24, 2.45) is 17.8 Å². The highest BCUT2D eigenvalue weighted by Gasteiger charge is 2.66. The van der Waals surface area contributed by atoms with Gasteiger partial charge in [-0.1, -0.05) is 0 Å². The lowest BCUT2D eigenvalue weighted by Gasteiger charge is -2.22. The van der Waals surface area contributed by atoms with Crippen LogP contribution in [0.1, 0.15) is 12.8 Å². The van der Waals surface area contributed by atoms with Crippen LogP contribution in [0.3, 0.4) is 0 Å². The fourth-order valence-corrected chi connectivity index (χ4v) is 5.97. The summed E-state index contributed by atoms with van der Waals surface area (Å²) in [6.45, 7) is -1.28. The van der Waals surface area contributed by atoms with Crippen LogP contribution < -0.4 is 0 Å². The van der Waals surface area contributed by atoms with Gasteiger partial charge in [-0.25, -0.2) is 4.79 Å². The number of fused-ring (bicyclic) bond motifs is 1. The first kappa shape index (κ1) is 17.6. The maximum Gasteiger partial charge on any atom is 0.344 e. The molecule has 1 saturated heterocycles. The Hall–Kier alpha value is -1.24. The Bertz CT molecular complexity index is 755. The van der Waals surface area contributed by atoms with Crippen molar-refractivity contribution in [3.8, 4) is 0 Å². The molecule has 2 saturated carbocycles. The summed E-state index contributed by atoms with van der Waals surface area (Å²) in [5.74, 6) is -3.53. The standard InChI is InChI=1S/C12H16O10S2/c13-9(20-1-2-23(15,16)17)5-21-12(14)10-6-3-7-8(4-6)24(18,19)22-11(7)10/h6-8,10-11H,1-5H2,(H,15,16,17). The third kappa shape index (κ3) is 3.27. The highest BCUT2D eigenvalue weighted by atomic mass is 32.2. The minimum Gasteiger partial charge on any atom is -0.462 e. The lowest BCUT2D eigenvalue weighted by atomic mass is 9.86. The van der Waals surface area contributed by atoms with Crippen molar-refractivity contribution in [2.75, 3.05) is 19.0 Å². The van der Waals surface area contributed by atoms with Gasteiger partial charge < -0.3 is 9.47 Å².